The quantitative estimate of drug-likeness (QED) is 0.810. The fraction of sp³-hybridized carbons (Fsp3) is 0.409. The molecule has 1 aliphatic carbocycles. The minimum atomic E-state index is 0.459. The van der Waals surface area contributed by atoms with Gasteiger partial charge in [-0.2, -0.15) is 5.26 Å². The molecule has 0 N–H and O–H groups in total. The third-order valence-electron chi connectivity index (χ3n) is 5.99. The Morgan fingerprint density at radius 1 is 1.12 bits per heavy atom. The summed E-state index contributed by atoms with van der Waals surface area (Å²) in [6, 6.07) is 18.0. The predicted octanol–water partition coefficient (Wildman–Crippen LogP) is 4.76. The molecule has 0 amide bonds. The second kappa shape index (κ2) is 6.54. The lowest BCUT2D eigenvalue weighted by Crippen LogP contribution is -2.37. The summed E-state index contributed by atoms with van der Waals surface area (Å²) in [4.78, 5) is 2.52. The highest BCUT2D eigenvalue weighted by Crippen LogP contribution is 2.53. The Bertz CT molecular complexity index is 806. The first-order chi connectivity index (χ1) is 12.2. The first-order valence-electron chi connectivity index (χ1n) is 9.12. The monoisotopic (exact) mass is 332 g/mol. The van der Waals surface area contributed by atoms with Gasteiger partial charge in [0.1, 0.15) is 5.75 Å². The number of fused-ring (bicyclic) bond motifs is 5. The van der Waals surface area contributed by atoms with Crippen molar-refractivity contribution in [2.24, 2.45) is 5.92 Å². The molecule has 3 heteroatoms. The Morgan fingerprint density at radius 2 is 1.88 bits per heavy atom. The van der Waals surface area contributed by atoms with E-state index in [0.717, 1.165) is 18.8 Å². The van der Waals surface area contributed by atoms with Crippen molar-refractivity contribution < 1.29 is 4.74 Å². The van der Waals surface area contributed by atoms with Gasteiger partial charge in [0.15, 0.2) is 0 Å². The van der Waals surface area contributed by atoms with Gasteiger partial charge < -0.3 is 4.74 Å². The molecule has 1 aliphatic heterocycles. The fourth-order valence-electron chi connectivity index (χ4n) is 4.75. The summed E-state index contributed by atoms with van der Waals surface area (Å²) in [5, 5.41) is 8.98. The molecule has 4 rings (SSSR count). The summed E-state index contributed by atoms with van der Waals surface area (Å²) < 4.78 is 5.27. The molecule has 3 atom stereocenters. The van der Waals surface area contributed by atoms with E-state index in [1.807, 2.05) is 12.1 Å². The molecule has 0 radical (unpaired) electrons. The lowest BCUT2D eigenvalue weighted by Gasteiger charge is -2.38. The van der Waals surface area contributed by atoms with Gasteiger partial charge in [0.2, 0.25) is 0 Å². The van der Waals surface area contributed by atoms with E-state index in [1.165, 1.54) is 28.7 Å². The number of hydrogen-bond acceptors (Lipinski definition) is 3. The summed E-state index contributed by atoms with van der Waals surface area (Å²) in [6.45, 7) is 4.36. The summed E-state index contributed by atoms with van der Waals surface area (Å²) in [5.41, 5.74) is 5.48. The van der Waals surface area contributed by atoms with Crippen LogP contribution in [-0.2, 0) is 0 Å². The molecule has 25 heavy (non-hydrogen) atoms. The van der Waals surface area contributed by atoms with Gasteiger partial charge in [0, 0.05) is 19.0 Å². The standard InChI is InChI=1S/C22H24N2O/c1-15-19-10-13-24(12-3-11-23)22(15)21-14-17(6-9-20(19)21)16-4-7-18(25-2)8-5-16/h4-9,14-15,19,22H,3,10,12-13H2,1-2H3/t15-,19?,22?/m0/s1. The number of likely N-dealkylation sites (tertiary alicyclic amines) is 1. The van der Waals surface area contributed by atoms with Gasteiger partial charge >= 0.3 is 0 Å². The molecule has 0 spiro atoms. The van der Waals surface area contributed by atoms with Crippen LogP contribution >= 0.6 is 0 Å². The summed E-state index contributed by atoms with van der Waals surface area (Å²) >= 11 is 0. The van der Waals surface area contributed by atoms with E-state index in [2.05, 4.69) is 48.2 Å². The highest BCUT2D eigenvalue weighted by Gasteiger charge is 2.44. The Labute approximate surface area is 149 Å². The smallest absolute Gasteiger partial charge is 0.118 e. The van der Waals surface area contributed by atoms with Crippen molar-refractivity contribution in [1.82, 2.24) is 4.90 Å². The largest absolute Gasteiger partial charge is 0.497 e. The summed E-state index contributed by atoms with van der Waals surface area (Å²) in [7, 11) is 1.70. The number of benzene rings is 2. The van der Waals surface area contributed by atoms with Crippen LogP contribution in [0, 0.1) is 17.2 Å². The van der Waals surface area contributed by atoms with Crippen LogP contribution in [0.1, 0.15) is 42.9 Å². The van der Waals surface area contributed by atoms with Crippen LogP contribution in [0.3, 0.4) is 0 Å². The molecular formula is C22H24N2O. The van der Waals surface area contributed by atoms with Crippen molar-refractivity contribution in [3.05, 3.63) is 53.6 Å². The maximum atomic E-state index is 8.98. The predicted molar refractivity (Wildman–Crippen MR) is 99.5 cm³/mol. The van der Waals surface area contributed by atoms with Crippen LogP contribution in [0.25, 0.3) is 11.1 Å². The Morgan fingerprint density at radius 3 is 2.60 bits per heavy atom. The minimum Gasteiger partial charge on any atom is -0.497 e. The van der Waals surface area contributed by atoms with Crippen molar-refractivity contribution in [3.63, 3.8) is 0 Å². The first kappa shape index (κ1) is 16.2. The van der Waals surface area contributed by atoms with Gasteiger partial charge in [0.05, 0.1) is 13.2 Å². The van der Waals surface area contributed by atoms with Crippen molar-refractivity contribution in [1.29, 1.82) is 5.26 Å². The van der Waals surface area contributed by atoms with Gasteiger partial charge in [-0.25, -0.2) is 0 Å². The van der Waals surface area contributed by atoms with Gasteiger partial charge in [0.25, 0.3) is 0 Å². The lowest BCUT2D eigenvalue weighted by atomic mass is 9.85. The van der Waals surface area contributed by atoms with Gasteiger partial charge in [-0.3, -0.25) is 4.90 Å². The van der Waals surface area contributed by atoms with Gasteiger partial charge in [-0.05, 0) is 65.3 Å². The van der Waals surface area contributed by atoms with E-state index in [1.54, 1.807) is 7.11 Å². The number of hydrogen-bond donors (Lipinski definition) is 0. The van der Waals surface area contributed by atoms with Crippen molar-refractivity contribution in [2.45, 2.75) is 31.7 Å². The summed E-state index contributed by atoms with van der Waals surface area (Å²) in [6.07, 6.45) is 1.82. The third kappa shape index (κ3) is 2.71. The maximum Gasteiger partial charge on any atom is 0.118 e. The van der Waals surface area contributed by atoms with Crippen molar-refractivity contribution >= 4 is 0 Å². The molecule has 2 aliphatic rings. The van der Waals surface area contributed by atoms with Gasteiger partial charge in [-0.1, -0.05) is 31.2 Å². The Hall–Kier alpha value is -2.31. The highest BCUT2D eigenvalue weighted by atomic mass is 16.5. The molecule has 3 nitrogen and oxygen atoms in total. The van der Waals surface area contributed by atoms with Crippen LogP contribution in [-0.4, -0.2) is 25.1 Å². The Balaban J connectivity index is 1.70. The molecule has 2 unspecified atom stereocenters. The lowest BCUT2D eigenvalue weighted by molar-refractivity contribution is 0.106. The van der Waals surface area contributed by atoms with Gasteiger partial charge in [-0.15, -0.1) is 0 Å². The van der Waals surface area contributed by atoms with Crippen LogP contribution in [0.4, 0.5) is 0 Å². The topological polar surface area (TPSA) is 36.3 Å². The molecule has 1 fully saturated rings. The maximum absolute atomic E-state index is 8.98. The third-order valence-corrected chi connectivity index (χ3v) is 5.99. The number of rotatable bonds is 4. The van der Waals surface area contributed by atoms with Crippen molar-refractivity contribution in [3.8, 4) is 22.9 Å². The van der Waals surface area contributed by atoms with E-state index < -0.39 is 0 Å². The van der Waals surface area contributed by atoms with E-state index in [-0.39, 0.29) is 0 Å². The van der Waals surface area contributed by atoms with E-state index >= 15 is 0 Å². The minimum absolute atomic E-state index is 0.459. The fourth-order valence-corrected chi connectivity index (χ4v) is 4.75. The zero-order valence-electron chi connectivity index (χ0n) is 14.9. The highest BCUT2D eigenvalue weighted by molar-refractivity contribution is 5.67. The average Bonchev–Trinajstić information content (AvgIpc) is 2.83. The van der Waals surface area contributed by atoms with Crippen LogP contribution in [0.15, 0.2) is 42.5 Å². The molecule has 0 saturated carbocycles. The number of nitriles is 1. The SMILES string of the molecule is COc1ccc(-c2ccc3c(c2)C2[C@@H](C)C3CCN2CCC#N)cc1. The zero-order chi connectivity index (χ0) is 17.4. The molecule has 0 aromatic heterocycles. The number of piperidine rings is 1. The first-order valence-corrected chi connectivity index (χ1v) is 9.12. The van der Waals surface area contributed by atoms with E-state index in [0.29, 0.717) is 24.3 Å². The van der Waals surface area contributed by atoms with E-state index in [9.17, 15) is 0 Å². The molecule has 128 valence electrons. The molecular weight excluding hydrogens is 308 g/mol. The second-order valence-corrected chi connectivity index (χ2v) is 7.22. The average molecular weight is 332 g/mol. The number of nitrogens with zero attached hydrogens (tertiary/aromatic N) is 2. The molecule has 2 aromatic rings. The number of methoxy groups -OCH3 is 1. The van der Waals surface area contributed by atoms with Crippen LogP contribution < -0.4 is 4.74 Å². The Kier molecular flexibility index (Phi) is 4.23. The second-order valence-electron chi connectivity index (χ2n) is 7.22. The van der Waals surface area contributed by atoms with Crippen LogP contribution in [0.5, 0.6) is 5.75 Å². The van der Waals surface area contributed by atoms with Crippen LogP contribution in [0.2, 0.25) is 0 Å². The van der Waals surface area contributed by atoms with E-state index in [4.69, 9.17) is 10.00 Å². The molecule has 1 saturated heterocycles. The normalized spacial score (nSPS) is 24.6. The molecule has 1 heterocycles. The molecule has 2 bridgehead atoms. The zero-order valence-corrected chi connectivity index (χ0v) is 14.9. The summed E-state index contributed by atoms with van der Waals surface area (Å²) in [5.74, 6) is 2.19. The van der Waals surface area contributed by atoms with Crippen molar-refractivity contribution in [2.75, 3.05) is 20.2 Å². The number of ether oxygens (including phenoxy) is 1. The molecule has 2 aromatic carbocycles.